The van der Waals surface area contributed by atoms with E-state index in [0.29, 0.717) is 5.69 Å². The number of carboxylic acid groups (broad SMARTS) is 1. The number of carbonyl (C=O) groups is 2. The van der Waals surface area contributed by atoms with E-state index < -0.39 is 5.97 Å². The summed E-state index contributed by atoms with van der Waals surface area (Å²) < 4.78 is 0. The molecule has 0 aliphatic heterocycles. The number of benzene rings is 2. The Morgan fingerprint density at radius 2 is 1.62 bits per heavy atom. The maximum atomic E-state index is 12.2. The fourth-order valence-electron chi connectivity index (χ4n) is 2.07. The zero-order valence-corrected chi connectivity index (χ0v) is 12.4. The maximum Gasteiger partial charge on any atom is 0.337 e. The number of nitrogens with one attached hydrogen (secondary N) is 1. The number of anilines is 1. The Kier molecular flexibility index (Phi) is 4.26. The van der Waals surface area contributed by atoms with Crippen molar-refractivity contribution < 1.29 is 14.7 Å². The summed E-state index contributed by atoms with van der Waals surface area (Å²) in [4.78, 5) is 23.6. The highest BCUT2D eigenvalue weighted by atomic mass is 16.4. The van der Waals surface area contributed by atoms with Crippen molar-refractivity contribution in [3.8, 4) is 0 Å². The van der Waals surface area contributed by atoms with Crippen molar-refractivity contribution in [2.45, 2.75) is 20.8 Å². The molecule has 2 rings (SSSR count). The van der Waals surface area contributed by atoms with Gasteiger partial charge in [-0.2, -0.15) is 0 Å². The highest BCUT2D eigenvalue weighted by molar-refractivity contribution is 6.05. The number of hydrogen-bond acceptors (Lipinski definition) is 2. The van der Waals surface area contributed by atoms with Gasteiger partial charge >= 0.3 is 5.97 Å². The number of hydrogen-bond donors (Lipinski definition) is 2. The zero-order valence-electron chi connectivity index (χ0n) is 12.4. The van der Waals surface area contributed by atoms with Crippen molar-refractivity contribution in [2.24, 2.45) is 11.8 Å². The molecule has 1 unspecified atom stereocenters. The lowest BCUT2D eigenvalue weighted by Crippen LogP contribution is -2.25. The lowest BCUT2D eigenvalue weighted by molar-refractivity contribution is -0.120. The minimum atomic E-state index is -1.05. The van der Waals surface area contributed by atoms with Crippen LogP contribution < -0.4 is 5.32 Å². The second-order valence-electron chi connectivity index (χ2n) is 5.57. The van der Waals surface area contributed by atoms with Crippen molar-refractivity contribution in [3.63, 3.8) is 0 Å². The summed E-state index contributed by atoms with van der Waals surface area (Å²) in [5, 5.41) is 13.8. The molecule has 0 aliphatic rings. The minimum absolute atomic E-state index is 0.109. The number of amides is 1. The number of aromatic carboxylic acids is 1. The molecule has 110 valence electrons. The van der Waals surface area contributed by atoms with Gasteiger partial charge in [0.15, 0.2) is 0 Å². The van der Waals surface area contributed by atoms with Gasteiger partial charge in [0.1, 0.15) is 0 Å². The highest BCUT2D eigenvalue weighted by Gasteiger charge is 2.19. The third-order valence-electron chi connectivity index (χ3n) is 3.79. The van der Waals surface area contributed by atoms with Crippen LogP contribution >= 0.6 is 0 Å². The van der Waals surface area contributed by atoms with Crippen LogP contribution in [0.5, 0.6) is 0 Å². The molecule has 2 aromatic carbocycles. The lowest BCUT2D eigenvalue weighted by atomic mass is 9.97. The van der Waals surface area contributed by atoms with Crippen LogP contribution in [0.2, 0.25) is 0 Å². The second-order valence-corrected chi connectivity index (χ2v) is 5.57. The molecular formula is C17H19NO3. The van der Waals surface area contributed by atoms with Crippen LogP contribution in [-0.4, -0.2) is 17.0 Å². The normalized spacial score (nSPS) is 12.4. The molecule has 0 spiro atoms. The first kappa shape index (κ1) is 15.0. The third-order valence-corrected chi connectivity index (χ3v) is 3.79. The predicted molar refractivity (Wildman–Crippen MR) is 83.5 cm³/mol. The van der Waals surface area contributed by atoms with E-state index in [1.807, 2.05) is 45.0 Å². The van der Waals surface area contributed by atoms with Gasteiger partial charge in [-0.1, -0.05) is 45.0 Å². The van der Waals surface area contributed by atoms with E-state index in [-0.39, 0.29) is 23.3 Å². The molecule has 0 heterocycles. The van der Waals surface area contributed by atoms with Crippen molar-refractivity contribution in [2.75, 3.05) is 5.32 Å². The molecule has 0 aliphatic carbocycles. The molecule has 2 aromatic rings. The molecule has 0 saturated heterocycles. The first-order chi connectivity index (χ1) is 9.90. The summed E-state index contributed by atoms with van der Waals surface area (Å²) in [6, 6.07) is 10.8. The molecule has 21 heavy (non-hydrogen) atoms. The predicted octanol–water partition coefficient (Wildman–Crippen LogP) is 3.77. The van der Waals surface area contributed by atoms with E-state index >= 15 is 0 Å². The van der Waals surface area contributed by atoms with Crippen molar-refractivity contribution in [1.82, 2.24) is 0 Å². The minimum Gasteiger partial charge on any atom is -0.478 e. The molecule has 4 heteroatoms. The third kappa shape index (κ3) is 3.21. The fraction of sp³-hybridized carbons (Fsp3) is 0.294. The topological polar surface area (TPSA) is 66.4 Å². The Morgan fingerprint density at radius 1 is 1.05 bits per heavy atom. The molecular weight excluding hydrogens is 266 g/mol. The van der Waals surface area contributed by atoms with Crippen molar-refractivity contribution >= 4 is 28.3 Å². The Morgan fingerprint density at radius 3 is 2.14 bits per heavy atom. The number of carboxylic acids is 1. The van der Waals surface area contributed by atoms with Crippen LogP contribution in [0.3, 0.4) is 0 Å². The molecule has 0 aromatic heterocycles. The Labute approximate surface area is 123 Å². The fourth-order valence-corrected chi connectivity index (χ4v) is 2.07. The first-order valence-corrected chi connectivity index (χ1v) is 6.97. The molecule has 1 atom stereocenters. The highest BCUT2D eigenvalue weighted by Crippen LogP contribution is 2.25. The summed E-state index contributed by atoms with van der Waals surface area (Å²) in [5.74, 6) is -1.20. The monoisotopic (exact) mass is 285 g/mol. The van der Waals surface area contributed by atoms with Gasteiger partial charge in [0.05, 0.1) is 11.3 Å². The molecule has 0 saturated carbocycles. The summed E-state index contributed by atoms with van der Waals surface area (Å²) in [5.41, 5.74) is 0.455. The smallest absolute Gasteiger partial charge is 0.337 e. The van der Waals surface area contributed by atoms with Crippen molar-refractivity contribution in [1.29, 1.82) is 0 Å². The number of fused-ring (bicyclic) bond motifs is 1. The maximum absolute atomic E-state index is 12.2. The average molecular weight is 285 g/mol. The average Bonchev–Trinajstić information content (AvgIpc) is 2.45. The van der Waals surface area contributed by atoms with Crippen LogP contribution in [0.15, 0.2) is 36.4 Å². The summed E-state index contributed by atoms with van der Waals surface area (Å²) in [6.07, 6.45) is 0. The van der Waals surface area contributed by atoms with Gasteiger partial charge in [0.2, 0.25) is 5.91 Å². The molecule has 1 amide bonds. The quantitative estimate of drug-likeness (QED) is 0.898. The Bertz CT molecular complexity index is 691. The van der Waals surface area contributed by atoms with Crippen LogP contribution in [0.4, 0.5) is 5.69 Å². The van der Waals surface area contributed by atoms with E-state index in [1.54, 1.807) is 12.1 Å². The Hall–Kier alpha value is -2.36. The van der Waals surface area contributed by atoms with Gasteiger partial charge in [0.25, 0.3) is 0 Å². The molecule has 0 bridgehead atoms. The van der Waals surface area contributed by atoms with Gasteiger partial charge in [-0.25, -0.2) is 4.79 Å². The second kappa shape index (κ2) is 5.95. The summed E-state index contributed by atoms with van der Waals surface area (Å²) >= 11 is 0. The summed E-state index contributed by atoms with van der Waals surface area (Å²) in [7, 11) is 0. The SMILES string of the molecule is CC(C)C(C)C(=O)Nc1cc2ccccc2cc1C(=O)O. The van der Waals surface area contributed by atoms with E-state index in [0.717, 1.165) is 10.8 Å². The van der Waals surface area contributed by atoms with Gasteiger partial charge < -0.3 is 10.4 Å². The van der Waals surface area contributed by atoms with Crippen LogP contribution in [0.1, 0.15) is 31.1 Å². The zero-order chi connectivity index (χ0) is 15.6. The molecule has 4 nitrogen and oxygen atoms in total. The van der Waals surface area contributed by atoms with E-state index in [2.05, 4.69) is 5.32 Å². The van der Waals surface area contributed by atoms with Crippen LogP contribution in [0, 0.1) is 11.8 Å². The first-order valence-electron chi connectivity index (χ1n) is 6.97. The van der Waals surface area contributed by atoms with Gasteiger partial charge in [-0.15, -0.1) is 0 Å². The van der Waals surface area contributed by atoms with E-state index in [9.17, 15) is 14.7 Å². The van der Waals surface area contributed by atoms with Crippen LogP contribution in [0.25, 0.3) is 10.8 Å². The van der Waals surface area contributed by atoms with Gasteiger partial charge in [0, 0.05) is 5.92 Å². The lowest BCUT2D eigenvalue weighted by Gasteiger charge is -2.17. The van der Waals surface area contributed by atoms with Crippen LogP contribution in [-0.2, 0) is 4.79 Å². The molecule has 2 N–H and O–H groups in total. The number of rotatable bonds is 4. The van der Waals surface area contributed by atoms with Gasteiger partial charge in [-0.3, -0.25) is 4.79 Å². The Balaban J connectivity index is 2.44. The van der Waals surface area contributed by atoms with Gasteiger partial charge in [-0.05, 0) is 28.8 Å². The van der Waals surface area contributed by atoms with E-state index in [4.69, 9.17) is 0 Å². The number of carbonyl (C=O) groups excluding carboxylic acids is 1. The standard InChI is InChI=1S/C17H19NO3/c1-10(2)11(3)16(19)18-15-9-13-7-5-4-6-12(13)8-14(15)17(20)21/h4-11H,1-3H3,(H,18,19)(H,20,21). The van der Waals surface area contributed by atoms with E-state index in [1.165, 1.54) is 0 Å². The largest absolute Gasteiger partial charge is 0.478 e. The molecule has 0 fully saturated rings. The van der Waals surface area contributed by atoms with Crippen molar-refractivity contribution in [3.05, 3.63) is 42.0 Å². The summed E-state index contributed by atoms with van der Waals surface area (Å²) in [6.45, 7) is 5.76. The molecule has 0 radical (unpaired) electrons.